The van der Waals surface area contributed by atoms with Crippen LogP contribution in [0.3, 0.4) is 0 Å². The molecule has 10 nitrogen and oxygen atoms in total. The number of benzene rings is 2. The Morgan fingerprint density at radius 3 is 2.62 bits per heavy atom. The molecule has 0 atom stereocenters. The molecule has 0 fully saturated rings. The maximum Gasteiger partial charge on any atom is 0.271 e. The number of aromatic nitrogens is 3. The van der Waals surface area contributed by atoms with Crippen LogP contribution in [0.25, 0.3) is 11.5 Å². The van der Waals surface area contributed by atoms with Gasteiger partial charge in [-0.2, -0.15) is 0 Å². The van der Waals surface area contributed by atoms with E-state index >= 15 is 0 Å². The van der Waals surface area contributed by atoms with Gasteiger partial charge in [-0.15, -0.1) is 0 Å². The van der Waals surface area contributed by atoms with Gasteiger partial charge in [0.2, 0.25) is 5.89 Å². The molecule has 0 bridgehead atoms. The minimum atomic E-state index is -3.80. The highest BCUT2D eigenvalue weighted by molar-refractivity contribution is 7.92. The third-order valence-electron chi connectivity index (χ3n) is 4.84. The molecule has 0 saturated heterocycles. The van der Waals surface area contributed by atoms with Gasteiger partial charge in [0.05, 0.1) is 24.7 Å². The highest BCUT2D eigenvalue weighted by atomic mass is 32.2. The van der Waals surface area contributed by atoms with Gasteiger partial charge in [-0.05, 0) is 49.4 Å². The first-order valence-electron chi connectivity index (χ1n) is 10.1. The molecule has 1 amide bonds. The van der Waals surface area contributed by atoms with Gasteiger partial charge in [0.1, 0.15) is 22.9 Å². The fraction of sp³-hybridized carbons (Fsp3) is 0.130. The molecule has 0 spiro atoms. The van der Waals surface area contributed by atoms with Crippen LogP contribution in [0, 0.1) is 6.92 Å². The number of ether oxygens (including phenoxy) is 1. The van der Waals surface area contributed by atoms with Gasteiger partial charge in [-0.1, -0.05) is 6.07 Å². The lowest BCUT2D eigenvalue weighted by molar-refractivity contribution is 0.0945. The van der Waals surface area contributed by atoms with E-state index in [9.17, 15) is 13.2 Å². The largest absolute Gasteiger partial charge is 0.497 e. The summed E-state index contributed by atoms with van der Waals surface area (Å²) in [5.74, 6) is 1.00. The van der Waals surface area contributed by atoms with Crippen molar-refractivity contribution in [3.05, 3.63) is 84.3 Å². The average molecular weight is 480 g/mol. The number of sulfonamides is 1. The van der Waals surface area contributed by atoms with Crippen molar-refractivity contribution in [1.29, 1.82) is 0 Å². The van der Waals surface area contributed by atoms with Crippen molar-refractivity contribution in [1.82, 2.24) is 20.3 Å². The molecule has 2 aromatic heterocycles. The Balaban J connectivity index is 1.48. The molecule has 11 heteroatoms. The lowest BCUT2D eigenvalue weighted by Gasteiger charge is -2.09. The van der Waals surface area contributed by atoms with Crippen molar-refractivity contribution in [2.24, 2.45) is 0 Å². The van der Waals surface area contributed by atoms with Gasteiger partial charge in [0, 0.05) is 23.6 Å². The Labute approximate surface area is 196 Å². The van der Waals surface area contributed by atoms with Crippen LogP contribution in [0.2, 0.25) is 0 Å². The summed E-state index contributed by atoms with van der Waals surface area (Å²) in [6.45, 7) is 1.87. The maximum absolute atomic E-state index is 12.7. The van der Waals surface area contributed by atoms with E-state index in [1.54, 1.807) is 43.3 Å². The van der Waals surface area contributed by atoms with Crippen molar-refractivity contribution < 1.29 is 22.4 Å². The van der Waals surface area contributed by atoms with Crippen LogP contribution in [-0.2, 0) is 16.6 Å². The first kappa shape index (κ1) is 22.9. The number of oxazole rings is 1. The molecular weight excluding hydrogens is 458 g/mol. The molecule has 34 heavy (non-hydrogen) atoms. The van der Waals surface area contributed by atoms with Crippen LogP contribution in [0.5, 0.6) is 5.75 Å². The Bertz CT molecular complexity index is 1400. The number of hydrogen-bond acceptors (Lipinski definition) is 8. The highest BCUT2D eigenvalue weighted by Gasteiger charge is 2.17. The Morgan fingerprint density at radius 2 is 1.91 bits per heavy atom. The quantitative estimate of drug-likeness (QED) is 0.393. The molecular formula is C23H21N5O5S. The molecule has 174 valence electrons. The van der Waals surface area contributed by atoms with Gasteiger partial charge < -0.3 is 14.5 Å². The number of methoxy groups -OCH3 is 1. The monoisotopic (exact) mass is 479 g/mol. The first-order chi connectivity index (χ1) is 16.4. The number of aryl methyl sites for hydroxylation is 1. The number of nitrogens with one attached hydrogen (secondary N) is 2. The standard InChI is InChI=1S/C23H21N5O5S/c1-15-20(14-26-22(29)21-13-24-10-11-25-21)27-23(33-15)16-4-3-5-17(12-16)28-34(30,31)19-8-6-18(32-2)7-9-19/h3-13,28H,14H2,1-2H3,(H,26,29). The number of amides is 1. The van der Waals surface area contributed by atoms with Crippen LogP contribution in [0.15, 0.2) is 76.4 Å². The van der Waals surface area contributed by atoms with Crippen molar-refractivity contribution >= 4 is 21.6 Å². The topological polar surface area (TPSA) is 136 Å². The van der Waals surface area contributed by atoms with Crippen molar-refractivity contribution in [2.45, 2.75) is 18.4 Å². The van der Waals surface area contributed by atoms with Crippen LogP contribution in [0.4, 0.5) is 5.69 Å². The molecule has 4 rings (SSSR count). The summed E-state index contributed by atoms with van der Waals surface area (Å²) in [5, 5.41) is 2.73. The van der Waals surface area contributed by atoms with Gasteiger partial charge in [-0.25, -0.2) is 18.4 Å². The third kappa shape index (κ3) is 5.21. The van der Waals surface area contributed by atoms with E-state index < -0.39 is 10.0 Å². The summed E-state index contributed by atoms with van der Waals surface area (Å²) >= 11 is 0. The van der Waals surface area contributed by atoms with Gasteiger partial charge in [0.15, 0.2) is 0 Å². The van der Waals surface area contributed by atoms with E-state index in [0.29, 0.717) is 34.3 Å². The Kier molecular flexibility index (Phi) is 6.55. The Morgan fingerprint density at radius 1 is 1.12 bits per heavy atom. The molecule has 0 aliphatic heterocycles. The summed E-state index contributed by atoms with van der Waals surface area (Å²) in [6.07, 6.45) is 4.29. The van der Waals surface area contributed by atoms with E-state index in [0.717, 1.165) is 0 Å². The molecule has 0 unspecified atom stereocenters. The van der Waals surface area contributed by atoms with E-state index in [-0.39, 0.29) is 23.0 Å². The summed E-state index contributed by atoms with van der Waals surface area (Å²) in [6, 6.07) is 12.8. The Hall–Kier alpha value is -4.25. The predicted molar refractivity (Wildman–Crippen MR) is 124 cm³/mol. The molecule has 4 aromatic rings. The summed E-state index contributed by atoms with van der Waals surface area (Å²) in [5.41, 5.74) is 1.66. The zero-order valence-corrected chi connectivity index (χ0v) is 19.2. The predicted octanol–water partition coefficient (Wildman–Crippen LogP) is 3.18. The molecule has 2 aromatic carbocycles. The molecule has 2 heterocycles. The smallest absolute Gasteiger partial charge is 0.271 e. The average Bonchev–Trinajstić information content (AvgIpc) is 3.23. The number of nitrogens with zero attached hydrogens (tertiary/aromatic N) is 3. The first-order valence-corrected chi connectivity index (χ1v) is 11.6. The summed E-state index contributed by atoms with van der Waals surface area (Å²) in [4.78, 5) is 24.6. The fourth-order valence-corrected chi connectivity index (χ4v) is 4.12. The van der Waals surface area contributed by atoms with E-state index in [1.807, 2.05) is 0 Å². The molecule has 0 saturated carbocycles. The second kappa shape index (κ2) is 9.71. The molecule has 2 N–H and O–H groups in total. The van der Waals surface area contributed by atoms with Crippen molar-refractivity contribution in [3.8, 4) is 17.2 Å². The molecule has 0 aliphatic carbocycles. The second-order valence-electron chi connectivity index (χ2n) is 7.16. The zero-order chi connectivity index (χ0) is 24.1. The maximum atomic E-state index is 12.7. The van der Waals surface area contributed by atoms with Crippen molar-refractivity contribution in [2.75, 3.05) is 11.8 Å². The van der Waals surface area contributed by atoms with E-state index in [2.05, 4.69) is 25.0 Å². The number of carbonyl (C=O) groups excluding carboxylic acids is 1. The van der Waals surface area contributed by atoms with E-state index in [1.165, 1.54) is 37.8 Å². The SMILES string of the molecule is COc1ccc(S(=O)(=O)Nc2cccc(-c3nc(CNC(=O)c4cnccn4)c(C)o3)c2)cc1. The normalized spacial score (nSPS) is 11.1. The molecule has 0 aliphatic rings. The highest BCUT2D eigenvalue weighted by Crippen LogP contribution is 2.26. The minimum Gasteiger partial charge on any atom is -0.497 e. The number of carbonyl (C=O) groups is 1. The number of hydrogen-bond donors (Lipinski definition) is 2. The van der Waals surface area contributed by atoms with Gasteiger partial charge >= 0.3 is 0 Å². The zero-order valence-electron chi connectivity index (χ0n) is 18.3. The second-order valence-corrected chi connectivity index (χ2v) is 8.84. The number of anilines is 1. The van der Waals surface area contributed by atoms with Crippen molar-refractivity contribution in [3.63, 3.8) is 0 Å². The van der Waals surface area contributed by atoms with Gasteiger partial charge in [0.25, 0.3) is 15.9 Å². The molecule has 0 radical (unpaired) electrons. The van der Waals surface area contributed by atoms with Crippen LogP contribution in [0.1, 0.15) is 21.9 Å². The fourth-order valence-electron chi connectivity index (χ4n) is 3.07. The minimum absolute atomic E-state index is 0.104. The lowest BCUT2D eigenvalue weighted by Crippen LogP contribution is -2.24. The van der Waals surface area contributed by atoms with Crippen LogP contribution >= 0.6 is 0 Å². The summed E-state index contributed by atoms with van der Waals surface area (Å²) in [7, 11) is -2.29. The third-order valence-corrected chi connectivity index (χ3v) is 6.23. The number of rotatable bonds is 8. The lowest BCUT2D eigenvalue weighted by atomic mass is 10.2. The summed E-state index contributed by atoms with van der Waals surface area (Å²) < 4.78 is 38.8. The van der Waals surface area contributed by atoms with Crippen LogP contribution in [-0.4, -0.2) is 36.4 Å². The van der Waals surface area contributed by atoms with Gasteiger partial charge in [-0.3, -0.25) is 14.5 Å². The van der Waals surface area contributed by atoms with Crippen LogP contribution < -0.4 is 14.8 Å². The van der Waals surface area contributed by atoms with E-state index in [4.69, 9.17) is 9.15 Å².